The van der Waals surface area contributed by atoms with Gasteiger partial charge in [-0.2, -0.15) is 0 Å². The van der Waals surface area contributed by atoms with E-state index in [0.29, 0.717) is 29.7 Å². The van der Waals surface area contributed by atoms with E-state index in [-0.39, 0.29) is 17.5 Å². The fraction of sp³-hybridized carbons (Fsp3) is 0.118. The summed E-state index contributed by atoms with van der Waals surface area (Å²) in [7, 11) is 0. The van der Waals surface area contributed by atoms with E-state index in [1.807, 2.05) is 0 Å². The zero-order chi connectivity index (χ0) is 15.5. The van der Waals surface area contributed by atoms with Gasteiger partial charge in [-0.3, -0.25) is 4.79 Å². The summed E-state index contributed by atoms with van der Waals surface area (Å²) in [6, 6.07) is 12.4. The molecular weight excluding hydrogens is 286 g/mol. The molecular formula is C17H14F2N2O. The first-order valence-corrected chi connectivity index (χ1v) is 6.93. The smallest absolute Gasteiger partial charge is 0.267 e. The predicted octanol–water partition coefficient (Wildman–Crippen LogP) is 3.42. The molecule has 5 heteroatoms. The number of carbonyl (C=O) groups excluding carboxylic acids is 1. The van der Waals surface area contributed by atoms with Crippen molar-refractivity contribution in [3.63, 3.8) is 0 Å². The average Bonchev–Trinajstić information content (AvgIpc) is 2.92. The predicted molar refractivity (Wildman–Crippen MR) is 80.7 cm³/mol. The highest BCUT2D eigenvalue weighted by Crippen LogP contribution is 2.16. The lowest BCUT2D eigenvalue weighted by Gasteiger charge is -2.05. The van der Waals surface area contributed by atoms with Crippen LogP contribution in [0.4, 0.5) is 8.78 Å². The van der Waals surface area contributed by atoms with E-state index in [1.54, 1.807) is 30.3 Å². The van der Waals surface area contributed by atoms with Crippen LogP contribution in [-0.2, 0) is 6.42 Å². The van der Waals surface area contributed by atoms with Crippen molar-refractivity contribution in [1.82, 2.24) is 10.3 Å². The second-order valence-electron chi connectivity index (χ2n) is 5.01. The fourth-order valence-electron chi connectivity index (χ4n) is 2.33. The largest absolute Gasteiger partial charge is 0.350 e. The van der Waals surface area contributed by atoms with Crippen molar-refractivity contribution in [2.24, 2.45) is 0 Å². The zero-order valence-electron chi connectivity index (χ0n) is 11.7. The molecule has 0 aliphatic carbocycles. The molecule has 1 heterocycles. The molecule has 3 rings (SSSR count). The van der Waals surface area contributed by atoms with Gasteiger partial charge in [0.25, 0.3) is 5.91 Å². The highest BCUT2D eigenvalue weighted by molar-refractivity contribution is 5.97. The Bertz CT molecular complexity index is 826. The van der Waals surface area contributed by atoms with Crippen LogP contribution in [-0.4, -0.2) is 17.4 Å². The first-order valence-electron chi connectivity index (χ1n) is 6.93. The number of aromatic amines is 1. The highest BCUT2D eigenvalue weighted by Gasteiger charge is 2.10. The Kier molecular flexibility index (Phi) is 3.87. The lowest BCUT2D eigenvalue weighted by Crippen LogP contribution is -2.26. The number of fused-ring (bicyclic) bond motifs is 1. The lowest BCUT2D eigenvalue weighted by molar-refractivity contribution is 0.0950. The van der Waals surface area contributed by atoms with Gasteiger partial charge in [0.15, 0.2) is 0 Å². The molecule has 1 aromatic heterocycles. The molecule has 0 aliphatic heterocycles. The van der Waals surface area contributed by atoms with Crippen LogP contribution >= 0.6 is 0 Å². The molecule has 0 saturated carbocycles. The maximum Gasteiger partial charge on any atom is 0.267 e. The first-order chi connectivity index (χ1) is 10.6. The number of carbonyl (C=O) groups is 1. The maximum absolute atomic E-state index is 13.5. The number of H-pyrrole nitrogens is 1. The molecule has 0 aliphatic rings. The van der Waals surface area contributed by atoms with Crippen LogP contribution in [0.25, 0.3) is 10.9 Å². The van der Waals surface area contributed by atoms with Crippen molar-refractivity contribution < 1.29 is 13.6 Å². The maximum atomic E-state index is 13.5. The van der Waals surface area contributed by atoms with Crippen LogP contribution in [0.15, 0.2) is 48.5 Å². The number of rotatable bonds is 4. The number of halogens is 2. The van der Waals surface area contributed by atoms with Crippen molar-refractivity contribution in [2.75, 3.05) is 6.54 Å². The second kappa shape index (κ2) is 5.97. The van der Waals surface area contributed by atoms with Gasteiger partial charge in [0.1, 0.15) is 17.3 Å². The monoisotopic (exact) mass is 300 g/mol. The van der Waals surface area contributed by atoms with Crippen LogP contribution in [0.3, 0.4) is 0 Å². The SMILES string of the molecule is O=C(NCCc1ccccc1F)c1cc2ccc(F)cc2[nH]1. The minimum atomic E-state index is -0.360. The molecule has 0 atom stereocenters. The Labute approximate surface area is 126 Å². The van der Waals surface area contributed by atoms with Crippen molar-refractivity contribution in [3.05, 3.63) is 71.4 Å². The van der Waals surface area contributed by atoms with Crippen LogP contribution in [0.1, 0.15) is 16.1 Å². The third kappa shape index (κ3) is 2.98. The molecule has 0 unspecified atom stereocenters. The van der Waals surface area contributed by atoms with Gasteiger partial charge in [-0.1, -0.05) is 18.2 Å². The molecule has 0 radical (unpaired) electrons. The Morgan fingerprint density at radius 3 is 2.73 bits per heavy atom. The van der Waals surface area contributed by atoms with E-state index in [9.17, 15) is 13.6 Å². The fourth-order valence-corrected chi connectivity index (χ4v) is 2.33. The molecule has 1 amide bonds. The van der Waals surface area contributed by atoms with Crippen molar-refractivity contribution in [2.45, 2.75) is 6.42 Å². The van der Waals surface area contributed by atoms with Crippen LogP contribution in [0, 0.1) is 11.6 Å². The summed E-state index contributed by atoms with van der Waals surface area (Å²) in [5.74, 6) is -0.938. The van der Waals surface area contributed by atoms with Crippen LogP contribution in [0.5, 0.6) is 0 Å². The number of amides is 1. The van der Waals surface area contributed by atoms with Gasteiger partial charge in [-0.05, 0) is 42.3 Å². The molecule has 3 nitrogen and oxygen atoms in total. The van der Waals surface area contributed by atoms with Crippen molar-refractivity contribution in [3.8, 4) is 0 Å². The molecule has 2 aromatic carbocycles. The Balaban J connectivity index is 1.65. The van der Waals surface area contributed by atoms with E-state index >= 15 is 0 Å². The summed E-state index contributed by atoms with van der Waals surface area (Å²) in [6.07, 6.45) is 0.410. The molecule has 22 heavy (non-hydrogen) atoms. The van der Waals surface area contributed by atoms with Crippen LogP contribution < -0.4 is 5.32 Å². The Morgan fingerprint density at radius 1 is 1.09 bits per heavy atom. The molecule has 112 valence electrons. The molecule has 0 bridgehead atoms. The van der Waals surface area contributed by atoms with Gasteiger partial charge in [-0.15, -0.1) is 0 Å². The molecule has 3 aromatic rings. The van der Waals surface area contributed by atoms with Crippen molar-refractivity contribution in [1.29, 1.82) is 0 Å². The molecule has 2 N–H and O–H groups in total. The number of benzene rings is 2. The normalized spacial score (nSPS) is 10.8. The molecule has 0 saturated heterocycles. The number of aromatic nitrogens is 1. The van der Waals surface area contributed by atoms with Gasteiger partial charge in [0.05, 0.1) is 0 Å². The Hall–Kier alpha value is -2.69. The highest BCUT2D eigenvalue weighted by atomic mass is 19.1. The number of hydrogen-bond acceptors (Lipinski definition) is 1. The van der Waals surface area contributed by atoms with Gasteiger partial charge >= 0.3 is 0 Å². The first kappa shape index (κ1) is 14.3. The summed E-state index contributed by atoms with van der Waals surface area (Å²) >= 11 is 0. The minimum Gasteiger partial charge on any atom is -0.350 e. The Morgan fingerprint density at radius 2 is 1.91 bits per heavy atom. The van der Waals surface area contributed by atoms with E-state index < -0.39 is 0 Å². The lowest BCUT2D eigenvalue weighted by atomic mass is 10.1. The van der Waals surface area contributed by atoms with Gasteiger partial charge < -0.3 is 10.3 Å². The number of hydrogen-bond donors (Lipinski definition) is 2. The van der Waals surface area contributed by atoms with E-state index in [0.717, 1.165) is 5.39 Å². The summed E-state index contributed by atoms with van der Waals surface area (Å²) in [4.78, 5) is 14.9. The van der Waals surface area contributed by atoms with Gasteiger partial charge in [-0.25, -0.2) is 8.78 Å². The summed E-state index contributed by atoms with van der Waals surface area (Å²) in [5, 5.41) is 3.48. The summed E-state index contributed by atoms with van der Waals surface area (Å²) in [6.45, 7) is 0.323. The van der Waals surface area contributed by atoms with E-state index in [4.69, 9.17) is 0 Å². The summed E-state index contributed by atoms with van der Waals surface area (Å²) in [5.41, 5.74) is 1.48. The number of nitrogens with one attached hydrogen (secondary N) is 2. The van der Waals surface area contributed by atoms with E-state index in [2.05, 4.69) is 10.3 Å². The van der Waals surface area contributed by atoms with Crippen LogP contribution in [0.2, 0.25) is 0 Å². The third-order valence-electron chi connectivity index (χ3n) is 3.47. The van der Waals surface area contributed by atoms with Gasteiger partial charge in [0, 0.05) is 17.4 Å². The molecule has 0 fully saturated rings. The topological polar surface area (TPSA) is 44.9 Å². The van der Waals surface area contributed by atoms with E-state index in [1.165, 1.54) is 18.2 Å². The standard InChI is InChI=1S/C17H14F2N2O/c18-13-6-5-12-9-16(21-15(12)10-13)17(22)20-8-7-11-3-1-2-4-14(11)19/h1-6,9-10,21H,7-8H2,(H,20,22). The average molecular weight is 300 g/mol. The summed E-state index contributed by atoms with van der Waals surface area (Å²) < 4.78 is 26.6. The molecule has 0 spiro atoms. The van der Waals surface area contributed by atoms with Gasteiger partial charge in [0.2, 0.25) is 0 Å². The minimum absolute atomic E-state index is 0.280. The zero-order valence-corrected chi connectivity index (χ0v) is 11.7. The quantitative estimate of drug-likeness (QED) is 0.762. The van der Waals surface area contributed by atoms with Crippen molar-refractivity contribution >= 4 is 16.8 Å². The second-order valence-corrected chi connectivity index (χ2v) is 5.01. The third-order valence-corrected chi connectivity index (χ3v) is 3.47.